The maximum atomic E-state index is 13.6. The van der Waals surface area contributed by atoms with Gasteiger partial charge in [0, 0.05) is 0 Å². The number of amides is 2. The van der Waals surface area contributed by atoms with Crippen LogP contribution in [-0.4, -0.2) is 22.8 Å². The van der Waals surface area contributed by atoms with E-state index in [1.165, 1.54) is 19.3 Å². The highest BCUT2D eigenvalue weighted by Gasteiger charge is 2.68. The summed E-state index contributed by atoms with van der Waals surface area (Å²) in [4.78, 5) is 28.2. The monoisotopic (exact) mass is 343 g/mol. The van der Waals surface area contributed by atoms with Crippen molar-refractivity contribution in [2.45, 2.75) is 73.3 Å². The van der Waals surface area contributed by atoms with E-state index in [0.29, 0.717) is 11.8 Å². The predicted octanol–water partition coefficient (Wildman–Crippen LogP) is 4.42. The van der Waals surface area contributed by atoms with Gasteiger partial charge < -0.3 is 0 Å². The summed E-state index contributed by atoms with van der Waals surface area (Å²) in [5.74, 6) is 3.19. The summed E-state index contributed by atoms with van der Waals surface area (Å²) in [6.07, 6.45) is 7.15. The predicted molar refractivity (Wildman–Crippen MR) is 98.6 cm³/mol. The summed E-state index contributed by atoms with van der Waals surface area (Å²) < 4.78 is 0. The van der Waals surface area contributed by atoms with Crippen molar-refractivity contribution in [3.05, 3.63) is 11.6 Å². The molecule has 3 saturated carbocycles. The zero-order valence-corrected chi connectivity index (χ0v) is 16.6. The Hall–Kier alpha value is -1.12. The number of β-lactam (4-membered cyclic amide) rings is 1. The first-order valence-corrected chi connectivity index (χ1v) is 10.1. The van der Waals surface area contributed by atoms with Gasteiger partial charge in [-0.25, -0.2) is 0 Å². The van der Waals surface area contributed by atoms with Crippen LogP contribution in [0.5, 0.6) is 0 Å². The largest absolute Gasteiger partial charge is 0.277 e. The summed E-state index contributed by atoms with van der Waals surface area (Å²) in [5, 5.41) is 0. The highest BCUT2D eigenvalue weighted by molar-refractivity contribution is 6.05. The van der Waals surface area contributed by atoms with E-state index >= 15 is 0 Å². The molecule has 2 amide bonds. The quantitative estimate of drug-likeness (QED) is 0.549. The fourth-order valence-corrected chi connectivity index (χ4v) is 6.54. The smallest absolute Gasteiger partial charge is 0.239 e. The zero-order chi connectivity index (χ0) is 18.3. The van der Waals surface area contributed by atoms with Crippen LogP contribution in [-0.2, 0) is 9.59 Å². The van der Waals surface area contributed by atoms with Crippen molar-refractivity contribution in [1.82, 2.24) is 4.90 Å². The Bertz CT molecular complexity index is 653. The Morgan fingerprint density at radius 1 is 1.08 bits per heavy atom. The van der Waals surface area contributed by atoms with E-state index in [1.807, 2.05) is 20.8 Å². The average molecular weight is 344 g/mol. The molecule has 3 nitrogen and oxygen atoms in total. The standard InChI is InChI=1S/C22H33NO2/c1-12(2)11-22(6,21(3,4)5)20(25)23-18-16(19(23)24)10-15-13-7-8-14(9-13)17(15)18/h11,13-18H,7-10H2,1-6H3. The summed E-state index contributed by atoms with van der Waals surface area (Å²) in [6.45, 7) is 12.4. The van der Waals surface area contributed by atoms with E-state index in [1.54, 1.807) is 4.90 Å². The minimum absolute atomic E-state index is 0.0378. The molecule has 4 fully saturated rings. The topological polar surface area (TPSA) is 37.4 Å². The van der Waals surface area contributed by atoms with Crippen molar-refractivity contribution in [2.75, 3.05) is 0 Å². The normalized spacial score (nSPS) is 41.0. The molecule has 0 aromatic heterocycles. The van der Waals surface area contributed by atoms with Crippen LogP contribution in [0, 0.1) is 40.4 Å². The highest BCUT2D eigenvalue weighted by atomic mass is 16.2. The molecule has 7 atom stereocenters. The number of allylic oxidation sites excluding steroid dienone is 1. The fraction of sp³-hybridized carbons (Fsp3) is 0.818. The van der Waals surface area contributed by atoms with Gasteiger partial charge in [0.15, 0.2) is 0 Å². The molecule has 3 aliphatic carbocycles. The molecule has 0 aromatic rings. The Morgan fingerprint density at radius 3 is 2.32 bits per heavy atom. The average Bonchev–Trinajstić information content (AvgIpc) is 3.15. The van der Waals surface area contributed by atoms with Crippen molar-refractivity contribution < 1.29 is 9.59 Å². The second-order valence-electron chi connectivity index (χ2n) is 10.6. The molecule has 2 bridgehead atoms. The number of rotatable bonds is 2. The van der Waals surface area contributed by atoms with Crippen LogP contribution < -0.4 is 0 Å². The van der Waals surface area contributed by atoms with Gasteiger partial charge >= 0.3 is 0 Å². The van der Waals surface area contributed by atoms with Crippen LogP contribution in [0.25, 0.3) is 0 Å². The van der Waals surface area contributed by atoms with Gasteiger partial charge in [-0.05, 0) is 75.5 Å². The number of hydrogen-bond donors (Lipinski definition) is 0. The Balaban J connectivity index is 1.66. The zero-order valence-electron chi connectivity index (χ0n) is 16.6. The number of likely N-dealkylation sites (tertiary alicyclic amines) is 1. The summed E-state index contributed by atoms with van der Waals surface area (Å²) >= 11 is 0. The molecule has 0 spiro atoms. The second-order valence-corrected chi connectivity index (χ2v) is 10.6. The van der Waals surface area contributed by atoms with Gasteiger partial charge in [0.1, 0.15) is 0 Å². The molecule has 4 aliphatic rings. The van der Waals surface area contributed by atoms with Crippen LogP contribution in [0.2, 0.25) is 0 Å². The highest BCUT2D eigenvalue weighted by Crippen LogP contribution is 2.64. The minimum Gasteiger partial charge on any atom is -0.277 e. The van der Waals surface area contributed by atoms with E-state index < -0.39 is 5.41 Å². The molecule has 4 rings (SSSR count). The number of carbonyl (C=O) groups is 2. The van der Waals surface area contributed by atoms with Gasteiger partial charge in [0.2, 0.25) is 11.8 Å². The Kier molecular flexibility index (Phi) is 3.60. The lowest BCUT2D eigenvalue weighted by Gasteiger charge is -2.51. The molecule has 0 aromatic carbocycles. The van der Waals surface area contributed by atoms with E-state index in [2.05, 4.69) is 26.8 Å². The molecule has 0 radical (unpaired) electrons. The number of fused-ring (bicyclic) bond motifs is 7. The first-order valence-electron chi connectivity index (χ1n) is 10.1. The van der Waals surface area contributed by atoms with Crippen molar-refractivity contribution in [3.63, 3.8) is 0 Å². The van der Waals surface area contributed by atoms with Crippen molar-refractivity contribution in [3.8, 4) is 0 Å². The van der Waals surface area contributed by atoms with Crippen molar-refractivity contribution in [1.29, 1.82) is 0 Å². The van der Waals surface area contributed by atoms with Gasteiger partial charge in [-0.2, -0.15) is 0 Å². The third-order valence-electron chi connectivity index (χ3n) is 8.14. The van der Waals surface area contributed by atoms with Gasteiger partial charge in [-0.15, -0.1) is 0 Å². The third kappa shape index (κ3) is 2.16. The lowest BCUT2D eigenvalue weighted by Crippen LogP contribution is -2.67. The maximum Gasteiger partial charge on any atom is 0.239 e. The van der Waals surface area contributed by atoms with Crippen LogP contribution in [0.4, 0.5) is 0 Å². The fourth-order valence-electron chi connectivity index (χ4n) is 6.54. The molecule has 1 saturated heterocycles. The lowest BCUT2D eigenvalue weighted by atomic mass is 9.65. The molecule has 3 heteroatoms. The number of nitrogens with zero attached hydrogens (tertiary/aromatic N) is 1. The van der Waals surface area contributed by atoms with Gasteiger partial charge in [0.25, 0.3) is 0 Å². The minimum atomic E-state index is -0.637. The third-order valence-corrected chi connectivity index (χ3v) is 8.14. The Morgan fingerprint density at radius 2 is 1.72 bits per heavy atom. The summed E-state index contributed by atoms with van der Waals surface area (Å²) in [7, 11) is 0. The van der Waals surface area contributed by atoms with Crippen molar-refractivity contribution >= 4 is 11.8 Å². The molecular formula is C22H33NO2. The van der Waals surface area contributed by atoms with E-state index in [-0.39, 0.29) is 29.2 Å². The van der Waals surface area contributed by atoms with E-state index in [0.717, 1.165) is 23.8 Å². The van der Waals surface area contributed by atoms with Gasteiger partial charge in [-0.1, -0.05) is 32.4 Å². The van der Waals surface area contributed by atoms with Crippen LogP contribution >= 0.6 is 0 Å². The van der Waals surface area contributed by atoms with Crippen LogP contribution in [0.1, 0.15) is 67.2 Å². The number of carbonyl (C=O) groups excluding carboxylic acids is 2. The second kappa shape index (κ2) is 5.20. The van der Waals surface area contributed by atoms with E-state index in [9.17, 15) is 9.59 Å². The molecule has 1 heterocycles. The number of imide groups is 1. The van der Waals surface area contributed by atoms with E-state index in [4.69, 9.17) is 0 Å². The first-order chi connectivity index (χ1) is 11.6. The van der Waals surface area contributed by atoms with Crippen molar-refractivity contribution in [2.24, 2.45) is 40.4 Å². The van der Waals surface area contributed by atoms with Crippen LogP contribution in [0.15, 0.2) is 11.6 Å². The summed E-state index contributed by atoms with van der Waals surface area (Å²) in [6, 6.07) is 0.201. The molecule has 7 unspecified atom stereocenters. The lowest BCUT2D eigenvalue weighted by molar-refractivity contribution is -0.173. The molecule has 1 aliphatic heterocycles. The Labute approximate surface area is 152 Å². The molecule has 138 valence electrons. The molecular weight excluding hydrogens is 310 g/mol. The van der Waals surface area contributed by atoms with Crippen LogP contribution in [0.3, 0.4) is 0 Å². The van der Waals surface area contributed by atoms with Gasteiger partial charge in [0.05, 0.1) is 17.4 Å². The summed E-state index contributed by atoms with van der Waals surface area (Å²) in [5.41, 5.74) is 0.279. The number of hydrogen-bond acceptors (Lipinski definition) is 2. The first kappa shape index (κ1) is 17.3. The maximum absolute atomic E-state index is 13.6. The van der Waals surface area contributed by atoms with Gasteiger partial charge in [-0.3, -0.25) is 14.5 Å². The molecule has 25 heavy (non-hydrogen) atoms. The SMILES string of the molecule is CC(C)=CC(C)(C(=O)N1C(=O)C2CC3C4CCC(C4)C3C21)C(C)(C)C. The molecule has 0 N–H and O–H groups in total.